The van der Waals surface area contributed by atoms with Gasteiger partial charge in [-0.1, -0.05) is 20.8 Å². The molecule has 0 bridgehead atoms. The highest BCUT2D eigenvalue weighted by Crippen LogP contribution is 2.12. The molecule has 10 heteroatoms. The number of carbonyl (C=O) groups excluding carboxylic acids is 2. The van der Waals surface area contributed by atoms with E-state index in [4.69, 9.17) is 0 Å². The van der Waals surface area contributed by atoms with Gasteiger partial charge in [0.2, 0.25) is 11.8 Å². The van der Waals surface area contributed by atoms with E-state index in [0.717, 1.165) is 32.2 Å². The van der Waals surface area contributed by atoms with Crippen molar-refractivity contribution >= 4 is 11.8 Å². The summed E-state index contributed by atoms with van der Waals surface area (Å²) in [5.41, 5.74) is 0. The van der Waals surface area contributed by atoms with E-state index >= 15 is 0 Å². The van der Waals surface area contributed by atoms with Crippen molar-refractivity contribution in [2.45, 2.75) is 122 Å². The predicted octanol–water partition coefficient (Wildman–Crippen LogP) is 0.608. The molecular formula is C27H54N4O6. The maximum atomic E-state index is 12.6. The number of hydrogen-bond donors (Lipinski definition) is 6. The Morgan fingerprint density at radius 3 is 1.32 bits per heavy atom. The Morgan fingerprint density at radius 2 is 1.00 bits per heavy atom. The molecule has 0 aliphatic carbocycles. The van der Waals surface area contributed by atoms with E-state index in [0.29, 0.717) is 64.8 Å². The van der Waals surface area contributed by atoms with Crippen LogP contribution < -0.4 is 10.6 Å². The van der Waals surface area contributed by atoms with Crippen molar-refractivity contribution < 1.29 is 30.0 Å². The van der Waals surface area contributed by atoms with E-state index in [-0.39, 0.29) is 11.8 Å². The monoisotopic (exact) mass is 530 g/mol. The summed E-state index contributed by atoms with van der Waals surface area (Å²) in [5, 5.41) is 45.4. The summed E-state index contributed by atoms with van der Waals surface area (Å²) in [6.07, 6.45) is 4.48. The van der Waals surface area contributed by atoms with Crippen LogP contribution in [-0.2, 0) is 9.59 Å². The second-order valence-electron chi connectivity index (χ2n) is 10.7. The van der Waals surface area contributed by atoms with Gasteiger partial charge in [-0.15, -0.1) is 0 Å². The van der Waals surface area contributed by atoms with E-state index in [2.05, 4.69) is 15.5 Å². The number of nitrogens with one attached hydrogen (secondary N) is 2. The summed E-state index contributed by atoms with van der Waals surface area (Å²) >= 11 is 0. The minimum Gasteiger partial charge on any atom is -0.392 e. The van der Waals surface area contributed by atoms with Crippen molar-refractivity contribution in [3.63, 3.8) is 0 Å². The number of hydrogen-bond acceptors (Lipinski definition) is 8. The molecule has 6 unspecified atom stereocenters. The third-order valence-corrected chi connectivity index (χ3v) is 7.04. The van der Waals surface area contributed by atoms with Crippen molar-refractivity contribution in [3.8, 4) is 0 Å². The minimum atomic E-state index is -0.531. The lowest BCUT2D eigenvalue weighted by Gasteiger charge is -2.30. The van der Waals surface area contributed by atoms with Crippen LogP contribution in [0.5, 0.6) is 0 Å². The molecule has 6 atom stereocenters. The number of piperazine rings is 1. The molecule has 1 aliphatic rings. The summed E-state index contributed by atoms with van der Waals surface area (Å²) in [6, 6.07) is -1.06. The highest BCUT2D eigenvalue weighted by molar-refractivity contribution is 5.96. The second kappa shape index (κ2) is 18.9. The van der Waals surface area contributed by atoms with Gasteiger partial charge in [0.25, 0.3) is 0 Å². The summed E-state index contributed by atoms with van der Waals surface area (Å²) in [6.45, 7) is 11.0. The number of carbonyl (C=O) groups is 2. The molecule has 0 aromatic carbocycles. The van der Waals surface area contributed by atoms with Gasteiger partial charge in [0.15, 0.2) is 0 Å². The molecule has 10 nitrogen and oxygen atoms in total. The highest BCUT2D eigenvalue weighted by Gasteiger charge is 2.32. The lowest BCUT2D eigenvalue weighted by molar-refractivity contribution is -0.137. The smallest absolute Gasteiger partial charge is 0.243 e. The minimum absolute atomic E-state index is 0.147. The van der Waals surface area contributed by atoms with Crippen molar-refractivity contribution in [1.29, 1.82) is 0 Å². The topological polar surface area (TPSA) is 146 Å². The lowest BCUT2D eigenvalue weighted by Crippen LogP contribution is -2.61. The Hall–Kier alpha value is -1.30. The standard InChI is InChI=1S/C27H54N4O6/c1-5-21(33)17-30(16-20(4)32)14-10-8-12-24-26(36)29-25(27(37)28-24)13-9-11-15-31(18-22(34)6-2)19-23(35)7-3/h20-25,32-35H,5-19H2,1-4H3,(H,28,37)(H,29,36). The first-order chi connectivity index (χ1) is 17.6. The zero-order valence-electron chi connectivity index (χ0n) is 23.6. The molecule has 0 spiro atoms. The van der Waals surface area contributed by atoms with Crippen molar-refractivity contribution in [3.05, 3.63) is 0 Å². The van der Waals surface area contributed by atoms with E-state index in [1.54, 1.807) is 6.92 Å². The Morgan fingerprint density at radius 1 is 0.649 bits per heavy atom. The molecule has 0 radical (unpaired) electrons. The number of rotatable bonds is 21. The quantitative estimate of drug-likeness (QED) is 0.118. The zero-order valence-corrected chi connectivity index (χ0v) is 23.6. The molecule has 0 aromatic heterocycles. The molecule has 218 valence electrons. The Kier molecular flexibility index (Phi) is 17.2. The van der Waals surface area contributed by atoms with Crippen LogP contribution in [0, 0.1) is 0 Å². The van der Waals surface area contributed by atoms with Crippen LogP contribution in [0.25, 0.3) is 0 Å². The van der Waals surface area contributed by atoms with Gasteiger partial charge in [-0.25, -0.2) is 0 Å². The molecule has 1 aliphatic heterocycles. The van der Waals surface area contributed by atoms with Gasteiger partial charge in [0, 0.05) is 26.2 Å². The van der Waals surface area contributed by atoms with Gasteiger partial charge in [-0.3, -0.25) is 19.4 Å². The van der Waals surface area contributed by atoms with Gasteiger partial charge < -0.3 is 31.1 Å². The Bertz CT molecular complexity index is 626. The summed E-state index contributed by atoms with van der Waals surface area (Å²) in [4.78, 5) is 29.3. The van der Waals surface area contributed by atoms with Gasteiger partial charge in [0.1, 0.15) is 12.1 Å². The van der Waals surface area contributed by atoms with E-state index in [1.165, 1.54) is 0 Å². The lowest BCUT2D eigenvalue weighted by atomic mass is 10.0. The second-order valence-corrected chi connectivity index (χ2v) is 10.7. The SMILES string of the molecule is CCC(O)CN(CCCCC1NC(=O)C(CCCCN(CC(O)CC)CC(O)CC)NC1=O)CC(C)O. The molecule has 1 saturated heterocycles. The van der Waals surface area contributed by atoms with Crippen molar-refractivity contribution in [1.82, 2.24) is 20.4 Å². The first-order valence-corrected chi connectivity index (χ1v) is 14.4. The number of nitrogens with zero attached hydrogens (tertiary/aromatic N) is 2. The Labute approximate surface area is 223 Å². The first-order valence-electron chi connectivity index (χ1n) is 14.4. The van der Waals surface area contributed by atoms with Crippen LogP contribution in [0.15, 0.2) is 0 Å². The molecule has 0 aromatic rings. The van der Waals surface area contributed by atoms with Crippen LogP contribution in [0.4, 0.5) is 0 Å². The summed E-state index contributed by atoms with van der Waals surface area (Å²) < 4.78 is 0. The fourth-order valence-corrected chi connectivity index (χ4v) is 4.62. The third-order valence-electron chi connectivity index (χ3n) is 7.04. The maximum absolute atomic E-state index is 12.6. The van der Waals surface area contributed by atoms with Crippen LogP contribution >= 0.6 is 0 Å². The maximum Gasteiger partial charge on any atom is 0.243 e. The molecule has 2 amide bonds. The molecule has 0 saturated carbocycles. The largest absolute Gasteiger partial charge is 0.392 e. The van der Waals surface area contributed by atoms with Crippen LogP contribution in [0.1, 0.15) is 85.5 Å². The number of amides is 2. The van der Waals surface area contributed by atoms with Crippen molar-refractivity contribution in [2.75, 3.05) is 39.3 Å². The average Bonchev–Trinajstić information content (AvgIpc) is 2.85. The predicted molar refractivity (Wildman–Crippen MR) is 145 cm³/mol. The average molecular weight is 531 g/mol. The van der Waals surface area contributed by atoms with Gasteiger partial charge in [-0.2, -0.15) is 0 Å². The van der Waals surface area contributed by atoms with Crippen LogP contribution in [0.3, 0.4) is 0 Å². The first kappa shape index (κ1) is 33.7. The van der Waals surface area contributed by atoms with E-state index in [1.807, 2.05) is 25.7 Å². The normalized spacial score (nSPS) is 21.6. The highest BCUT2D eigenvalue weighted by atomic mass is 16.3. The van der Waals surface area contributed by atoms with Crippen molar-refractivity contribution in [2.24, 2.45) is 0 Å². The fourth-order valence-electron chi connectivity index (χ4n) is 4.62. The molecule has 6 N–H and O–H groups in total. The van der Waals surface area contributed by atoms with Gasteiger partial charge >= 0.3 is 0 Å². The fraction of sp³-hybridized carbons (Fsp3) is 0.926. The van der Waals surface area contributed by atoms with Crippen LogP contribution in [0.2, 0.25) is 0 Å². The van der Waals surface area contributed by atoms with Crippen LogP contribution in [-0.4, -0.2) is 118 Å². The Balaban J connectivity index is 2.38. The molecule has 1 heterocycles. The molecule has 37 heavy (non-hydrogen) atoms. The molecule has 1 fully saturated rings. The zero-order chi connectivity index (χ0) is 27.8. The van der Waals surface area contributed by atoms with Gasteiger partial charge in [0.05, 0.1) is 24.4 Å². The van der Waals surface area contributed by atoms with E-state index in [9.17, 15) is 30.0 Å². The third kappa shape index (κ3) is 14.4. The number of unbranched alkanes of at least 4 members (excludes halogenated alkanes) is 2. The number of aliphatic hydroxyl groups is 4. The number of aliphatic hydroxyl groups excluding tert-OH is 4. The van der Waals surface area contributed by atoms with E-state index < -0.39 is 36.5 Å². The molecular weight excluding hydrogens is 476 g/mol. The summed E-state index contributed by atoms with van der Waals surface area (Å²) in [5.74, 6) is -0.295. The summed E-state index contributed by atoms with van der Waals surface area (Å²) in [7, 11) is 0. The van der Waals surface area contributed by atoms with Gasteiger partial charge in [-0.05, 0) is 77.8 Å². The molecule has 1 rings (SSSR count).